The molecule has 4 rings (SSSR count). The monoisotopic (exact) mass is 452 g/mol. The van der Waals surface area contributed by atoms with E-state index in [1.807, 2.05) is 18.7 Å². The molecule has 0 saturated carbocycles. The molecule has 1 fully saturated rings. The molecule has 8 heteroatoms. The van der Waals surface area contributed by atoms with Crippen LogP contribution in [-0.2, 0) is 9.59 Å². The number of likely N-dealkylation sites (tertiary alicyclic amines) is 1. The predicted octanol–water partition coefficient (Wildman–Crippen LogP) is 3.79. The quantitative estimate of drug-likeness (QED) is 0.460. The Morgan fingerprint density at radius 1 is 1.21 bits per heavy atom. The van der Waals surface area contributed by atoms with Crippen molar-refractivity contribution in [2.75, 3.05) is 25.0 Å². The minimum absolute atomic E-state index is 0.199. The van der Waals surface area contributed by atoms with Gasteiger partial charge in [-0.05, 0) is 62.9 Å². The zero-order valence-corrected chi connectivity index (χ0v) is 19.0. The molecule has 1 saturated heterocycles. The largest absolute Gasteiger partial charge is 0.358 e. The Balaban J connectivity index is 1.43. The van der Waals surface area contributed by atoms with Crippen LogP contribution < -0.4 is 10.6 Å². The summed E-state index contributed by atoms with van der Waals surface area (Å²) in [6, 6.07) is 4.17. The molecule has 0 radical (unpaired) electrons. The maximum atomic E-state index is 13.7. The number of carbonyl (C=O) groups is 3. The number of nitrogens with one attached hydrogen (secondary N) is 3. The van der Waals surface area contributed by atoms with E-state index in [0.717, 1.165) is 31.4 Å². The lowest BCUT2D eigenvalue weighted by molar-refractivity contribution is -0.130. The Morgan fingerprint density at radius 2 is 2.03 bits per heavy atom. The number of aryl methyl sites for hydroxylation is 1. The Kier molecular flexibility index (Phi) is 6.62. The number of hydrogen-bond acceptors (Lipinski definition) is 3. The van der Waals surface area contributed by atoms with Crippen LogP contribution in [0.3, 0.4) is 0 Å². The molecule has 2 aliphatic rings. The van der Waals surface area contributed by atoms with Crippen LogP contribution in [-0.4, -0.2) is 47.2 Å². The molecule has 1 aromatic heterocycles. The number of rotatable bonds is 6. The fourth-order valence-corrected chi connectivity index (χ4v) is 4.54. The maximum Gasteiger partial charge on any atom is 0.256 e. The van der Waals surface area contributed by atoms with Crippen molar-refractivity contribution in [2.24, 2.45) is 0 Å². The van der Waals surface area contributed by atoms with Crippen LogP contribution in [0.2, 0.25) is 0 Å². The fourth-order valence-electron chi connectivity index (χ4n) is 4.54. The molecule has 7 nitrogen and oxygen atoms in total. The van der Waals surface area contributed by atoms with E-state index in [1.165, 1.54) is 18.2 Å². The van der Waals surface area contributed by atoms with Crippen molar-refractivity contribution >= 4 is 35.1 Å². The minimum Gasteiger partial charge on any atom is -0.358 e. The van der Waals surface area contributed by atoms with Crippen LogP contribution in [0.5, 0.6) is 0 Å². The molecule has 3 amide bonds. The number of nitrogens with zero attached hydrogens (tertiary/aromatic N) is 1. The van der Waals surface area contributed by atoms with E-state index >= 15 is 0 Å². The summed E-state index contributed by atoms with van der Waals surface area (Å²) >= 11 is 0. The molecule has 2 aromatic rings. The fraction of sp³-hybridized carbons (Fsp3) is 0.400. The first-order chi connectivity index (χ1) is 15.8. The number of benzene rings is 1. The summed E-state index contributed by atoms with van der Waals surface area (Å²) in [5, 5.41) is 5.67. The second-order valence-electron chi connectivity index (χ2n) is 8.67. The minimum atomic E-state index is -0.419. The summed E-state index contributed by atoms with van der Waals surface area (Å²) in [5.41, 5.74) is 3.99. The topological polar surface area (TPSA) is 94.3 Å². The third-order valence-electron chi connectivity index (χ3n) is 6.32. The first kappa shape index (κ1) is 22.8. The molecule has 1 aromatic carbocycles. The molecular weight excluding hydrogens is 423 g/mol. The van der Waals surface area contributed by atoms with Crippen molar-refractivity contribution in [3.8, 4) is 0 Å². The highest BCUT2D eigenvalue weighted by Gasteiger charge is 2.26. The summed E-state index contributed by atoms with van der Waals surface area (Å²) in [7, 11) is 0. The van der Waals surface area contributed by atoms with Gasteiger partial charge in [0.25, 0.3) is 11.8 Å². The van der Waals surface area contributed by atoms with Crippen molar-refractivity contribution in [3.63, 3.8) is 0 Å². The summed E-state index contributed by atoms with van der Waals surface area (Å²) in [5.74, 6) is -0.726. The Bertz CT molecular complexity index is 1130. The van der Waals surface area contributed by atoms with Crippen molar-refractivity contribution in [1.29, 1.82) is 0 Å². The summed E-state index contributed by atoms with van der Waals surface area (Å²) in [6.07, 6.45) is 6.05. The summed E-state index contributed by atoms with van der Waals surface area (Å²) < 4.78 is 13.7. The maximum absolute atomic E-state index is 13.7. The number of anilines is 1. The molecule has 0 spiro atoms. The summed E-state index contributed by atoms with van der Waals surface area (Å²) in [6.45, 7) is 5.54. The molecule has 0 atom stereocenters. The Labute approximate surface area is 192 Å². The van der Waals surface area contributed by atoms with E-state index in [4.69, 9.17) is 0 Å². The van der Waals surface area contributed by atoms with Gasteiger partial charge in [-0.3, -0.25) is 14.4 Å². The molecule has 2 aliphatic heterocycles. The predicted molar refractivity (Wildman–Crippen MR) is 125 cm³/mol. The highest BCUT2D eigenvalue weighted by molar-refractivity contribution is 6.34. The number of fused-ring (bicyclic) bond motifs is 1. The van der Waals surface area contributed by atoms with Crippen molar-refractivity contribution in [2.45, 2.75) is 46.0 Å². The zero-order valence-electron chi connectivity index (χ0n) is 19.0. The number of halogens is 1. The van der Waals surface area contributed by atoms with Gasteiger partial charge < -0.3 is 20.5 Å². The first-order valence-electron chi connectivity index (χ1n) is 11.4. The van der Waals surface area contributed by atoms with Gasteiger partial charge in [-0.1, -0.05) is 6.42 Å². The molecule has 3 heterocycles. The van der Waals surface area contributed by atoms with E-state index in [1.54, 1.807) is 6.08 Å². The highest BCUT2D eigenvalue weighted by atomic mass is 19.1. The standard InChI is InChI=1S/C25H29FN4O3/c1-15-21(14-19-18-13-17(26)8-9-20(18)29-24(19)32)28-16(2)23(15)25(33)27-10-6-12-30-11-5-3-4-7-22(30)31/h8-9,13-14,28H,3-7,10-12H2,1-2H3,(H,27,33)(H,29,32). The van der Waals surface area contributed by atoms with Gasteiger partial charge in [0.1, 0.15) is 5.82 Å². The molecule has 3 N–H and O–H groups in total. The normalized spacial score (nSPS) is 17.2. The van der Waals surface area contributed by atoms with Gasteiger partial charge in [0.2, 0.25) is 5.91 Å². The van der Waals surface area contributed by atoms with E-state index in [9.17, 15) is 18.8 Å². The molecular formula is C25H29FN4O3. The second kappa shape index (κ2) is 9.60. The SMILES string of the molecule is Cc1[nH]c(C=C2C(=O)Nc3ccc(F)cc32)c(C)c1C(=O)NCCCN1CCCCCC1=O. The lowest BCUT2D eigenvalue weighted by Gasteiger charge is -2.20. The van der Waals surface area contributed by atoms with Crippen molar-refractivity contribution in [1.82, 2.24) is 15.2 Å². The van der Waals surface area contributed by atoms with E-state index < -0.39 is 5.82 Å². The average molecular weight is 453 g/mol. The van der Waals surface area contributed by atoms with Crippen molar-refractivity contribution in [3.05, 3.63) is 52.1 Å². The van der Waals surface area contributed by atoms with Crippen LogP contribution in [0, 0.1) is 19.7 Å². The number of carbonyl (C=O) groups excluding carboxylic acids is 3. The summed E-state index contributed by atoms with van der Waals surface area (Å²) in [4.78, 5) is 42.4. The van der Waals surface area contributed by atoms with E-state index in [2.05, 4.69) is 15.6 Å². The molecule has 0 bridgehead atoms. The van der Waals surface area contributed by atoms with Gasteiger partial charge in [-0.2, -0.15) is 0 Å². The van der Waals surface area contributed by atoms with E-state index in [-0.39, 0.29) is 17.7 Å². The lowest BCUT2D eigenvalue weighted by Crippen LogP contribution is -2.34. The van der Waals surface area contributed by atoms with Crippen LogP contribution in [0.4, 0.5) is 10.1 Å². The van der Waals surface area contributed by atoms with Gasteiger partial charge in [0.15, 0.2) is 0 Å². The number of amides is 3. The van der Waals surface area contributed by atoms with Crippen LogP contribution in [0.25, 0.3) is 11.6 Å². The third kappa shape index (κ3) is 4.84. The number of aromatic amines is 1. The number of aromatic nitrogens is 1. The Morgan fingerprint density at radius 3 is 2.85 bits per heavy atom. The van der Waals surface area contributed by atoms with Gasteiger partial charge in [-0.25, -0.2) is 4.39 Å². The number of hydrogen-bond donors (Lipinski definition) is 3. The first-order valence-corrected chi connectivity index (χ1v) is 11.4. The van der Waals surface area contributed by atoms with E-state index in [0.29, 0.717) is 59.7 Å². The lowest BCUT2D eigenvalue weighted by atomic mass is 10.0. The highest BCUT2D eigenvalue weighted by Crippen LogP contribution is 2.34. The molecule has 174 valence electrons. The van der Waals surface area contributed by atoms with Gasteiger partial charge in [0.05, 0.1) is 11.1 Å². The van der Waals surface area contributed by atoms with Crippen LogP contribution in [0.15, 0.2) is 18.2 Å². The zero-order chi connectivity index (χ0) is 23.5. The third-order valence-corrected chi connectivity index (χ3v) is 6.32. The molecule has 0 unspecified atom stereocenters. The van der Waals surface area contributed by atoms with Gasteiger partial charge in [0, 0.05) is 48.7 Å². The molecule has 0 aliphatic carbocycles. The second-order valence-corrected chi connectivity index (χ2v) is 8.67. The van der Waals surface area contributed by atoms with Gasteiger partial charge in [-0.15, -0.1) is 0 Å². The van der Waals surface area contributed by atoms with Crippen molar-refractivity contribution < 1.29 is 18.8 Å². The van der Waals surface area contributed by atoms with Crippen LogP contribution in [0.1, 0.15) is 65.0 Å². The number of H-pyrrole nitrogens is 1. The Hall–Kier alpha value is -3.42. The smallest absolute Gasteiger partial charge is 0.256 e. The average Bonchev–Trinajstić information content (AvgIpc) is 3.13. The van der Waals surface area contributed by atoms with Crippen LogP contribution >= 0.6 is 0 Å². The molecule has 33 heavy (non-hydrogen) atoms. The van der Waals surface area contributed by atoms with Gasteiger partial charge >= 0.3 is 0 Å².